The lowest BCUT2D eigenvalue weighted by molar-refractivity contribution is -0.871. The second-order valence-electron chi connectivity index (χ2n) is 11.0. The van der Waals surface area contributed by atoms with E-state index in [0.717, 1.165) is 22.4 Å². The zero-order valence-corrected chi connectivity index (χ0v) is 24.5. The molecule has 1 aliphatic heterocycles. The highest BCUT2D eigenvalue weighted by molar-refractivity contribution is 8.03. The van der Waals surface area contributed by atoms with Crippen LogP contribution in [-0.4, -0.2) is 64.4 Å². The maximum absolute atomic E-state index is 13.7. The molecule has 5 nitrogen and oxygen atoms in total. The second kappa shape index (κ2) is 11.7. The molecular formula is C32H40N3O2S+. The summed E-state index contributed by atoms with van der Waals surface area (Å²) >= 11 is 1.81. The van der Waals surface area contributed by atoms with E-state index >= 15 is 0 Å². The number of anilines is 1. The number of nitrogens with zero attached hydrogens (tertiary/aromatic N) is 2. The molecule has 1 atom stereocenters. The minimum atomic E-state index is -0.0173. The van der Waals surface area contributed by atoms with E-state index in [1.54, 1.807) is 4.90 Å². The van der Waals surface area contributed by atoms with Gasteiger partial charge in [-0.15, -0.1) is 0 Å². The summed E-state index contributed by atoms with van der Waals surface area (Å²) in [5, 5.41) is 0. The predicted molar refractivity (Wildman–Crippen MR) is 159 cm³/mol. The number of likely N-dealkylation sites (N-methyl/N-ethyl adjacent to an activating group) is 1. The number of Topliss-reactive ketones (excluding diaryl/α,β-unsaturated/α-hetero) is 1. The Morgan fingerprint density at radius 1 is 1.03 bits per heavy atom. The fraction of sp³-hybridized carbons (Fsp3) is 0.375. The van der Waals surface area contributed by atoms with Crippen LogP contribution in [0.2, 0.25) is 0 Å². The van der Waals surface area contributed by atoms with Gasteiger partial charge in [0.1, 0.15) is 11.8 Å². The number of nitrogens with one attached hydrogen (secondary N) is 1. The summed E-state index contributed by atoms with van der Waals surface area (Å²) in [4.78, 5) is 33.5. The van der Waals surface area contributed by atoms with Crippen molar-refractivity contribution in [2.75, 3.05) is 46.7 Å². The molecule has 1 unspecified atom stereocenters. The number of allylic oxidation sites excluding steroid dienone is 2. The first-order valence-electron chi connectivity index (χ1n) is 13.4. The number of carbonyl (C=O) groups is 2. The molecule has 200 valence electrons. The monoisotopic (exact) mass is 530 g/mol. The van der Waals surface area contributed by atoms with Gasteiger partial charge in [-0.05, 0) is 59.0 Å². The van der Waals surface area contributed by atoms with E-state index in [1.807, 2.05) is 50.9 Å². The third kappa shape index (κ3) is 5.82. The van der Waals surface area contributed by atoms with Crippen LogP contribution in [0.25, 0.3) is 5.57 Å². The SMILES string of the molecule is CC(C)C(=O)CCCN(C)C(=O)c1ccccc1C1=C2C=CC([NH+](C)C)C=C2Sc2cc(N(C)C)ccc21. The number of benzene rings is 2. The van der Waals surface area contributed by atoms with Gasteiger partial charge in [0.15, 0.2) is 0 Å². The summed E-state index contributed by atoms with van der Waals surface area (Å²) in [7, 11) is 10.3. The number of hydrogen-bond donors (Lipinski definition) is 1. The van der Waals surface area contributed by atoms with Gasteiger partial charge in [0.05, 0.1) is 14.1 Å². The van der Waals surface area contributed by atoms with Gasteiger partial charge < -0.3 is 14.7 Å². The predicted octanol–water partition coefficient (Wildman–Crippen LogP) is 4.70. The highest BCUT2D eigenvalue weighted by Crippen LogP contribution is 2.49. The third-order valence-electron chi connectivity index (χ3n) is 7.31. The molecule has 2 aromatic rings. The molecule has 0 saturated heterocycles. The summed E-state index contributed by atoms with van der Waals surface area (Å²) < 4.78 is 0. The number of thioether (sulfide) groups is 1. The molecule has 4 rings (SSSR count). The Morgan fingerprint density at radius 3 is 2.45 bits per heavy atom. The molecule has 6 heteroatoms. The largest absolute Gasteiger partial charge is 0.378 e. The molecule has 0 spiro atoms. The van der Waals surface area contributed by atoms with E-state index in [1.165, 1.54) is 20.3 Å². The van der Waals surface area contributed by atoms with Gasteiger partial charge >= 0.3 is 0 Å². The minimum absolute atomic E-state index is 0.0173. The van der Waals surface area contributed by atoms with Crippen molar-refractivity contribution < 1.29 is 14.5 Å². The van der Waals surface area contributed by atoms with Gasteiger partial charge in [-0.3, -0.25) is 9.59 Å². The molecular weight excluding hydrogens is 490 g/mol. The van der Waals surface area contributed by atoms with Gasteiger partial charge in [0.2, 0.25) is 0 Å². The Balaban J connectivity index is 1.77. The van der Waals surface area contributed by atoms with Crippen molar-refractivity contribution in [2.45, 2.75) is 37.6 Å². The lowest BCUT2D eigenvalue weighted by atomic mass is 9.86. The molecule has 1 N–H and O–H groups in total. The van der Waals surface area contributed by atoms with Crippen LogP contribution in [0.3, 0.4) is 0 Å². The van der Waals surface area contributed by atoms with E-state index in [-0.39, 0.29) is 17.6 Å². The highest BCUT2D eigenvalue weighted by Gasteiger charge is 2.30. The number of quaternary nitrogens is 1. The molecule has 0 radical (unpaired) electrons. The average molecular weight is 531 g/mol. The van der Waals surface area contributed by atoms with Crippen LogP contribution >= 0.6 is 11.8 Å². The van der Waals surface area contributed by atoms with E-state index in [9.17, 15) is 9.59 Å². The Kier molecular flexibility index (Phi) is 8.64. The minimum Gasteiger partial charge on any atom is -0.378 e. The molecule has 2 aromatic carbocycles. The van der Waals surface area contributed by atoms with Gasteiger partial charge in [0, 0.05) is 61.1 Å². The van der Waals surface area contributed by atoms with E-state index < -0.39 is 0 Å². The van der Waals surface area contributed by atoms with Crippen LogP contribution in [0.5, 0.6) is 0 Å². The van der Waals surface area contributed by atoms with Crippen LogP contribution in [0, 0.1) is 5.92 Å². The van der Waals surface area contributed by atoms with E-state index in [2.05, 4.69) is 75.6 Å². The molecule has 0 aromatic heterocycles. The first-order valence-corrected chi connectivity index (χ1v) is 14.2. The Hall–Kier alpha value is -3.09. The number of fused-ring (bicyclic) bond motifs is 2. The smallest absolute Gasteiger partial charge is 0.254 e. The lowest BCUT2D eigenvalue weighted by Crippen LogP contribution is -3.09. The molecule has 1 aliphatic carbocycles. The van der Waals surface area contributed by atoms with Crippen molar-refractivity contribution in [3.8, 4) is 0 Å². The van der Waals surface area contributed by atoms with Gasteiger partial charge in [-0.1, -0.05) is 56.0 Å². The van der Waals surface area contributed by atoms with E-state index in [4.69, 9.17) is 0 Å². The number of hydrogen-bond acceptors (Lipinski definition) is 4. The number of carbonyl (C=O) groups excluding carboxylic acids is 2. The number of rotatable bonds is 9. The molecule has 0 fully saturated rings. The molecule has 0 saturated carbocycles. The van der Waals surface area contributed by atoms with Crippen molar-refractivity contribution in [3.63, 3.8) is 0 Å². The average Bonchev–Trinajstić information content (AvgIpc) is 2.90. The second-order valence-corrected chi connectivity index (χ2v) is 12.0. The van der Waals surface area contributed by atoms with Gasteiger partial charge in [0.25, 0.3) is 5.91 Å². The van der Waals surface area contributed by atoms with Gasteiger partial charge in [-0.25, -0.2) is 0 Å². The van der Waals surface area contributed by atoms with Crippen LogP contribution in [-0.2, 0) is 4.79 Å². The van der Waals surface area contributed by atoms with Crippen molar-refractivity contribution in [3.05, 3.63) is 87.9 Å². The maximum atomic E-state index is 13.7. The first kappa shape index (κ1) is 27.9. The Labute approximate surface area is 231 Å². The number of amides is 1. The van der Waals surface area contributed by atoms with Crippen LogP contribution < -0.4 is 9.80 Å². The Morgan fingerprint density at radius 2 is 1.76 bits per heavy atom. The first-order chi connectivity index (χ1) is 18.1. The maximum Gasteiger partial charge on any atom is 0.254 e. The van der Waals surface area contributed by atoms with Crippen molar-refractivity contribution >= 4 is 34.7 Å². The summed E-state index contributed by atoms with van der Waals surface area (Å²) in [6.45, 7) is 4.40. The fourth-order valence-corrected chi connectivity index (χ4v) is 6.04. The molecule has 1 amide bonds. The Bertz CT molecular complexity index is 1320. The summed E-state index contributed by atoms with van der Waals surface area (Å²) in [5.41, 5.74) is 6.21. The van der Waals surface area contributed by atoms with Crippen LogP contribution in [0.15, 0.2) is 76.1 Å². The standard InChI is InChI=1S/C32H39N3O2S/c1-21(2)28(36)13-10-18-35(7)32(37)25-12-9-8-11-24(25)31-26-16-14-22(33(3)4)19-29(26)38-30-20-23(34(5)6)15-17-27(30)31/h8-9,11-12,14-17,19-22H,10,13,18H2,1-7H3/p+1. The highest BCUT2D eigenvalue weighted by atomic mass is 32.2. The molecule has 0 bridgehead atoms. The van der Waals surface area contributed by atoms with Gasteiger partial charge in [-0.2, -0.15) is 0 Å². The quantitative estimate of drug-likeness (QED) is 0.510. The van der Waals surface area contributed by atoms with E-state index in [0.29, 0.717) is 31.0 Å². The lowest BCUT2D eigenvalue weighted by Gasteiger charge is -2.30. The normalized spacial score (nSPS) is 16.3. The van der Waals surface area contributed by atoms with Crippen molar-refractivity contribution in [2.24, 2.45) is 5.92 Å². The third-order valence-corrected chi connectivity index (χ3v) is 8.44. The molecule has 2 aliphatic rings. The fourth-order valence-electron chi connectivity index (χ4n) is 4.85. The van der Waals surface area contributed by atoms with Crippen LogP contribution in [0.1, 0.15) is 48.2 Å². The summed E-state index contributed by atoms with van der Waals surface area (Å²) in [5.74, 6) is 0.256. The van der Waals surface area contributed by atoms with Crippen molar-refractivity contribution in [1.82, 2.24) is 4.90 Å². The van der Waals surface area contributed by atoms with Crippen molar-refractivity contribution in [1.29, 1.82) is 0 Å². The van der Waals surface area contributed by atoms with Crippen LogP contribution in [0.4, 0.5) is 5.69 Å². The zero-order chi connectivity index (χ0) is 27.6. The topological polar surface area (TPSA) is 45.1 Å². The number of ketones is 1. The zero-order valence-electron chi connectivity index (χ0n) is 23.7. The molecule has 38 heavy (non-hydrogen) atoms. The summed E-state index contributed by atoms with van der Waals surface area (Å²) in [6, 6.07) is 14.8. The summed E-state index contributed by atoms with van der Waals surface area (Å²) in [6.07, 6.45) is 8.02. The molecule has 1 heterocycles.